The number of halogens is 1. The minimum atomic E-state index is -0.351. The highest BCUT2D eigenvalue weighted by molar-refractivity contribution is 5.47. The van der Waals surface area contributed by atoms with E-state index in [-0.39, 0.29) is 18.5 Å². The summed E-state index contributed by atoms with van der Waals surface area (Å²) in [4.78, 5) is 0. The Hall–Kier alpha value is -2.38. The molecule has 3 nitrogen and oxygen atoms in total. The van der Waals surface area contributed by atoms with Crippen LogP contribution >= 0.6 is 0 Å². The number of nitriles is 1. The van der Waals surface area contributed by atoms with Crippen LogP contribution < -0.4 is 10.5 Å². The van der Waals surface area contributed by atoms with Crippen LogP contribution in [0.2, 0.25) is 0 Å². The van der Waals surface area contributed by atoms with Gasteiger partial charge in [-0.25, -0.2) is 4.39 Å². The predicted molar refractivity (Wildman–Crippen MR) is 79.5 cm³/mol. The van der Waals surface area contributed by atoms with Crippen molar-refractivity contribution in [2.24, 2.45) is 5.73 Å². The second-order valence-corrected chi connectivity index (χ2v) is 4.94. The zero-order valence-corrected chi connectivity index (χ0v) is 12.1. The largest absolute Gasteiger partial charge is 0.484 e. The van der Waals surface area contributed by atoms with Crippen LogP contribution in [0.15, 0.2) is 36.4 Å². The third-order valence-electron chi connectivity index (χ3n) is 3.31. The first-order valence-electron chi connectivity index (χ1n) is 6.68. The molecule has 0 amide bonds. The Morgan fingerprint density at radius 2 is 1.76 bits per heavy atom. The van der Waals surface area contributed by atoms with Crippen molar-refractivity contribution in [2.75, 3.05) is 6.54 Å². The van der Waals surface area contributed by atoms with Crippen LogP contribution in [0.3, 0.4) is 0 Å². The molecule has 0 radical (unpaired) electrons. The third-order valence-corrected chi connectivity index (χ3v) is 3.31. The predicted octanol–water partition coefficient (Wildman–Crippen LogP) is 3.39. The fraction of sp³-hybridized carbons (Fsp3) is 0.235. The zero-order valence-electron chi connectivity index (χ0n) is 12.1. The molecule has 21 heavy (non-hydrogen) atoms. The van der Waals surface area contributed by atoms with Crippen molar-refractivity contribution in [3.63, 3.8) is 0 Å². The molecule has 0 aliphatic heterocycles. The molecule has 108 valence electrons. The van der Waals surface area contributed by atoms with E-state index >= 15 is 0 Å². The monoisotopic (exact) mass is 284 g/mol. The molecule has 2 aromatic rings. The number of rotatable bonds is 4. The van der Waals surface area contributed by atoms with Crippen molar-refractivity contribution in [2.45, 2.75) is 20.0 Å². The maximum Gasteiger partial charge on any atom is 0.136 e. The number of ether oxygens (including phenoxy) is 1. The Kier molecular flexibility index (Phi) is 4.56. The van der Waals surface area contributed by atoms with E-state index in [4.69, 9.17) is 15.7 Å². The van der Waals surface area contributed by atoms with Gasteiger partial charge in [-0.3, -0.25) is 0 Å². The summed E-state index contributed by atoms with van der Waals surface area (Å²) in [6.07, 6.45) is -0.351. The summed E-state index contributed by atoms with van der Waals surface area (Å²) in [5, 5.41) is 8.96. The summed E-state index contributed by atoms with van der Waals surface area (Å²) in [5.74, 6) is 0.425. The number of aryl methyl sites for hydroxylation is 2. The molecular weight excluding hydrogens is 267 g/mol. The van der Waals surface area contributed by atoms with Gasteiger partial charge in [-0.2, -0.15) is 5.26 Å². The SMILES string of the molecule is Cc1cc(C#N)cc(C)c1OC(CN)c1ccc(F)cc1. The molecule has 0 saturated carbocycles. The molecule has 0 bridgehead atoms. The molecule has 0 saturated heterocycles. The Morgan fingerprint density at radius 1 is 1.19 bits per heavy atom. The third kappa shape index (κ3) is 3.39. The van der Waals surface area contributed by atoms with Crippen molar-refractivity contribution in [3.05, 3.63) is 64.5 Å². The van der Waals surface area contributed by atoms with E-state index in [0.29, 0.717) is 11.3 Å². The van der Waals surface area contributed by atoms with Gasteiger partial charge in [-0.15, -0.1) is 0 Å². The number of hydrogen-bond donors (Lipinski definition) is 1. The van der Waals surface area contributed by atoms with Gasteiger partial charge in [0.1, 0.15) is 17.7 Å². The zero-order chi connectivity index (χ0) is 15.4. The second-order valence-electron chi connectivity index (χ2n) is 4.94. The molecule has 0 fully saturated rings. The summed E-state index contributed by atoms with van der Waals surface area (Å²) >= 11 is 0. The van der Waals surface area contributed by atoms with Crippen LogP contribution in [0.5, 0.6) is 5.75 Å². The highest BCUT2D eigenvalue weighted by Gasteiger charge is 2.15. The van der Waals surface area contributed by atoms with Crippen LogP contribution in [0, 0.1) is 31.0 Å². The summed E-state index contributed by atoms with van der Waals surface area (Å²) in [6, 6.07) is 11.8. The molecule has 4 heteroatoms. The van der Waals surface area contributed by atoms with E-state index in [9.17, 15) is 4.39 Å². The first-order chi connectivity index (χ1) is 10.0. The standard InChI is InChI=1S/C17H17FN2O/c1-11-7-13(9-19)8-12(2)17(11)21-16(10-20)14-3-5-15(18)6-4-14/h3-8,16H,10,20H2,1-2H3. The van der Waals surface area contributed by atoms with Crippen molar-refractivity contribution < 1.29 is 9.13 Å². The Labute approximate surface area is 123 Å². The fourth-order valence-electron chi connectivity index (χ4n) is 2.27. The van der Waals surface area contributed by atoms with Crippen LogP contribution in [0.4, 0.5) is 4.39 Å². The lowest BCUT2D eigenvalue weighted by atomic mass is 10.1. The summed E-state index contributed by atoms with van der Waals surface area (Å²) in [7, 11) is 0. The average Bonchev–Trinajstić information content (AvgIpc) is 2.48. The van der Waals surface area contributed by atoms with Gasteiger partial charge in [0.15, 0.2) is 0 Å². The highest BCUT2D eigenvalue weighted by Crippen LogP contribution is 2.29. The minimum Gasteiger partial charge on any atom is -0.484 e. The lowest BCUT2D eigenvalue weighted by Gasteiger charge is -2.21. The minimum absolute atomic E-state index is 0.282. The molecule has 2 aromatic carbocycles. The van der Waals surface area contributed by atoms with Crippen LogP contribution in [0.25, 0.3) is 0 Å². The maximum atomic E-state index is 13.0. The summed E-state index contributed by atoms with van der Waals surface area (Å²) < 4.78 is 19.0. The van der Waals surface area contributed by atoms with Crippen LogP contribution in [-0.2, 0) is 0 Å². The fourth-order valence-corrected chi connectivity index (χ4v) is 2.27. The molecule has 0 aromatic heterocycles. The first-order valence-corrected chi connectivity index (χ1v) is 6.68. The van der Waals surface area contributed by atoms with Crippen LogP contribution in [-0.4, -0.2) is 6.54 Å². The molecule has 0 aliphatic rings. The average molecular weight is 284 g/mol. The number of benzene rings is 2. The molecule has 0 spiro atoms. The quantitative estimate of drug-likeness (QED) is 0.936. The van der Waals surface area contributed by atoms with Crippen molar-refractivity contribution in [1.82, 2.24) is 0 Å². The van der Waals surface area contributed by atoms with Gasteiger partial charge < -0.3 is 10.5 Å². The number of nitrogens with zero attached hydrogens (tertiary/aromatic N) is 1. The van der Waals surface area contributed by atoms with Crippen LogP contribution in [0.1, 0.15) is 28.4 Å². The van der Waals surface area contributed by atoms with Gasteiger partial charge in [0.2, 0.25) is 0 Å². The Bertz CT molecular complexity index is 651. The molecular formula is C17H17FN2O. The lowest BCUT2D eigenvalue weighted by molar-refractivity contribution is 0.211. The highest BCUT2D eigenvalue weighted by atomic mass is 19.1. The molecule has 1 atom stereocenters. The van der Waals surface area contributed by atoms with Gasteiger partial charge in [0.05, 0.1) is 11.6 Å². The van der Waals surface area contributed by atoms with Crippen molar-refractivity contribution >= 4 is 0 Å². The first kappa shape index (κ1) is 15.0. The van der Waals surface area contributed by atoms with Gasteiger partial charge >= 0.3 is 0 Å². The molecule has 0 aliphatic carbocycles. The topological polar surface area (TPSA) is 59.0 Å². The van der Waals surface area contributed by atoms with Crippen molar-refractivity contribution in [1.29, 1.82) is 5.26 Å². The lowest BCUT2D eigenvalue weighted by Crippen LogP contribution is -2.19. The Balaban J connectivity index is 2.31. The van der Waals surface area contributed by atoms with E-state index in [1.807, 2.05) is 13.8 Å². The van der Waals surface area contributed by atoms with Gasteiger partial charge in [0.25, 0.3) is 0 Å². The summed E-state index contributed by atoms with van der Waals surface area (Å²) in [6.45, 7) is 4.06. The molecule has 2 N–H and O–H groups in total. The molecule has 1 unspecified atom stereocenters. The molecule has 2 rings (SSSR count). The van der Waals surface area contributed by atoms with E-state index in [1.54, 1.807) is 24.3 Å². The van der Waals surface area contributed by atoms with E-state index < -0.39 is 0 Å². The van der Waals surface area contributed by atoms with Gasteiger partial charge in [-0.1, -0.05) is 12.1 Å². The summed E-state index contributed by atoms with van der Waals surface area (Å²) in [5.41, 5.74) is 8.96. The van der Waals surface area contributed by atoms with Gasteiger partial charge in [0, 0.05) is 6.54 Å². The second kappa shape index (κ2) is 6.38. The number of hydrogen-bond acceptors (Lipinski definition) is 3. The maximum absolute atomic E-state index is 13.0. The van der Waals surface area contributed by atoms with E-state index in [0.717, 1.165) is 16.7 Å². The number of nitrogens with two attached hydrogens (primary N) is 1. The smallest absolute Gasteiger partial charge is 0.136 e. The molecule has 0 heterocycles. The van der Waals surface area contributed by atoms with Crippen molar-refractivity contribution in [3.8, 4) is 11.8 Å². The van der Waals surface area contributed by atoms with E-state index in [2.05, 4.69) is 6.07 Å². The van der Waals surface area contributed by atoms with E-state index in [1.165, 1.54) is 12.1 Å². The Morgan fingerprint density at radius 3 is 2.24 bits per heavy atom. The normalized spacial score (nSPS) is 11.8. The van der Waals surface area contributed by atoms with Gasteiger partial charge in [-0.05, 0) is 54.8 Å².